The third-order valence-electron chi connectivity index (χ3n) is 1.42. The number of benzene rings is 1. The zero-order chi connectivity index (χ0) is 9.14. The molecule has 0 aliphatic carbocycles. The molecule has 0 aliphatic heterocycles. The molecule has 0 bridgehead atoms. The summed E-state index contributed by atoms with van der Waals surface area (Å²) in [7, 11) is 0. The van der Waals surface area contributed by atoms with E-state index in [1.807, 2.05) is 0 Å². The number of hydrogen-bond donors (Lipinski definition) is 0. The maximum absolute atomic E-state index is 10.2. The predicted octanol–water partition coefficient (Wildman–Crippen LogP) is 3.50. The lowest BCUT2D eigenvalue weighted by molar-refractivity contribution is -0.107. The second kappa shape index (κ2) is 4.26. The van der Waals surface area contributed by atoms with E-state index in [0.29, 0.717) is 20.9 Å². The fraction of sp³-hybridized carbons (Fsp3) is 0.125. The van der Waals surface area contributed by atoms with Crippen LogP contribution in [0.15, 0.2) is 16.6 Å². The molecule has 1 aromatic rings. The van der Waals surface area contributed by atoms with Gasteiger partial charge in [0.1, 0.15) is 6.29 Å². The molecule has 0 aliphatic rings. The topological polar surface area (TPSA) is 17.1 Å². The molecule has 0 atom stereocenters. The highest BCUT2D eigenvalue weighted by Gasteiger charge is 2.06. The minimum atomic E-state index is 0.345. The van der Waals surface area contributed by atoms with Crippen LogP contribution in [0.3, 0.4) is 0 Å². The zero-order valence-electron chi connectivity index (χ0n) is 5.98. The Morgan fingerprint density at radius 1 is 1.42 bits per heavy atom. The van der Waals surface area contributed by atoms with Crippen molar-refractivity contribution in [3.63, 3.8) is 0 Å². The van der Waals surface area contributed by atoms with E-state index in [2.05, 4.69) is 15.9 Å². The molecule has 0 saturated heterocycles. The number of carbonyl (C=O) groups excluding carboxylic acids is 1. The van der Waals surface area contributed by atoms with Gasteiger partial charge < -0.3 is 4.79 Å². The molecule has 1 nitrogen and oxygen atoms in total. The molecule has 0 N–H and O–H groups in total. The number of hydrogen-bond acceptors (Lipinski definition) is 1. The van der Waals surface area contributed by atoms with E-state index in [1.54, 1.807) is 12.1 Å². The molecule has 0 unspecified atom stereocenters. The summed E-state index contributed by atoms with van der Waals surface area (Å²) in [6.45, 7) is 0. The summed E-state index contributed by atoms with van der Waals surface area (Å²) in [5.74, 6) is 0. The molecule has 4 heteroatoms. The van der Waals surface area contributed by atoms with Gasteiger partial charge in [-0.1, -0.05) is 29.3 Å². The lowest BCUT2D eigenvalue weighted by atomic mass is 10.2. The van der Waals surface area contributed by atoms with Crippen molar-refractivity contribution in [2.45, 2.75) is 6.42 Å². The van der Waals surface area contributed by atoms with Crippen molar-refractivity contribution in [2.24, 2.45) is 0 Å². The smallest absolute Gasteiger partial charge is 0.124 e. The third kappa shape index (κ3) is 2.00. The van der Waals surface area contributed by atoms with Crippen LogP contribution in [0.2, 0.25) is 10.0 Å². The highest BCUT2D eigenvalue weighted by Crippen LogP contribution is 2.32. The standard InChI is InChI=1S/C8H5BrCl2O/c9-7-5(3-4-12)1-2-6(10)8(7)11/h1-2,4H,3H2. The largest absolute Gasteiger partial charge is 0.303 e. The molecule has 1 aromatic carbocycles. The van der Waals surface area contributed by atoms with Crippen LogP contribution in [-0.2, 0) is 11.2 Å². The number of rotatable bonds is 2. The molecule has 0 spiro atoms. The van der Waals surface area contributed by atoms with Gasteiger partial charge in [0.25, 0.3) is 0 Å². The monoisotopic (exact) mass is 266 g/mol. The number of halogens is 3. The zero-order valence-corrected chi connectivity index (χ0v) is 9.08. The Morgan fingerprint density at radius 3 is 2.67 bits per heavy atom. The lowest BCUT2D eigenvalue weighted by Gasteiger charge is -2.03. The first-order chi connectivity index (χ1) is 5.66. The van der Waals surface area contributed by atoms with Crippen molar-refractivity contribution in [2.75, 3.05) is 0 Å². The van der Waals surface area contributed by atoms with Crippen LogP contribution in [0.5, 0.6) is 0 Å². The third-order valence-corrected chi connectivity index (χ3v) is 3.36. The molecule has 0 radical (unpaired) electrons. The van der Waals surface area contributed by atoms with E-state index in [0.717, 1.165) is 11.8 Å². The Hall–Kier alpha value is -0.0500. The first-order valence-electron chi connectivity index (χ1n) is 3.23. The Balaban J connectivity index is 3.16. The van der Waals surface area contributed by atoms with Crippen molar-refractivity contribution in [1.29, 1.82) is 0 Å². The summed E-state index contributed by atoms with van der Waals surface area (Å²) in [5, 5.41) is 0.939. The molecule has 0 heterocycles. The van der Waals surface area contributed by atoms with Crippen LogP contribution in [0.25, 0.3) is 0 Å². The van der Waals surface area contributed by atoms with E-state index in [1.165, 1.54) is 0 Å². The number of aldehydes is 1. The van der Waals surface area contributed by atoms with E-state index in [-0.39, 0.29) is 0 Å². The van der Waals surface area contributed by atoms with Gasteiger partial charge in [0, 0.05) is 10.9 Å². The van der Waals surface area contributed by atoms with Crippen LogP contribution >= 0.6 is 39.1 Å². The average Bonchev–Trinajstić information content (AvgIpc) is 2.07. The normalized spacial score (nSPS) is 9.92. The van der Waals surface area contributed by atoms with Crippen molar-refractivity contribution < 1.29 is 4.79 Å². The molecule has 1 rings (SSSR count). The van der Waals surface area contributed by atoms with E-state index in [9.17, 15) is 4.79 Å². The Kier molecular flexibility index (Phi) is 3.56. The highest BCUT2D eigenvalue weighted by atomic mass is 79.9. The second-order valence-electron chi connectivity index (χ2n) is 2.21. The summed E-state index contributed by atoms with van der Waals surface area (Å²) in [6.07, 6.45) is 1.17. The van der Waals surface area contributed by atoms with Gasteiger partial charge >= 0.3 is 0 Å². The summed E-state index contributed by atoms with van der Waals surface area (Å²) in [5.41, 5.74) is 0.847. The quantitative estimate of drug-likeness (QED) is 0.592. The lowest BCUT2D eigenvalue weighted by Crippen LogP contribution is -1.88. The maximum atomic E-state index is 10.2. The summed E-state index contributed by atoms with van der Waals surface area (Å²) in [4.78, 5) is 10.2. The van der Waals surface area contributed by atoms with Crippen LogP contribution in [-0.4, -0.2) is 6.29 Å². The Labute approximate surface area is 88.8 Å². The van der Waals surface area contributed by atoms with Gasteiger partial charge in [0.2, 0.25) is 0 Å². The van der Waals surface area contributed by atoms with Crippen molar-refractivity contribution >= 4 is 45.4 Å². The van der Waals surface area contributed by atoms with Gasteiger partial charge in [-0.25, -0.2) is 0 Å². The summed E-state index contributed by atoms with van der Waals surface area (Å²) < 4.78 is 0.698. The fourth-order valence-corrected chi connectivity index (χ4v) is 1.78. The molecule has 12 heavy (non-hydrogen) atoms. The maximum Gasteiger partial charge on any atom is 0.124 e. The van der Waals surface area contributed by atoms with Gasteiger partial charge in [-0.2, -0.15) is 0 Å². The van der Waals surface area contributed by atoms with Gasteiger partial charge in [0.15, 0.2) is 0 Å². The first-order valence-corrected chi connectivity index (χ1v) is 4.77. The Morgan fingerprint density at radius 2 is 2.08 bits per heavy atom. The van der Waals surface area contributed by atoms with E-state index < -0.39 is 0 Å². The average molecular weight is 268 g/mol. The summed E-state index contributed by atoms with van der Waals surface area (Å²) >= 11 is 14.8. The minimum absolute atomic E-state index is 0.345. The molecule has 0 aromatic heterocycles. The van der Waals surface area contributed by atoms with Crippen molar-refractivity contribution in [3.05, 3.63) is 32.2 Å². The molecule has 0 fully saturated rings. The Bertz CT molecular complexity index is 312. The molecule has 0 saturated carbocycles. The molecular formula is C8H5BrCl2O. The predicted molar refractivity (Wildman–Crippen MR) is 53.9 cm³/mol. The van der Waals surface area contributed by atoms with E-state index >= 15 is 0 Å². The highest BCUT2D eigenvalue weighted by molar-refractivity contribution is 9.10. The fourth-order valence-electron chi connectivity index (χ4n) is 0.813. The van der Waals surface area contributed by atoms with Crippen molar-refractivity contribution in [1.82, 2.24) is 0 Å². The van der Waals surface area contributed by atoms with Crippen molar-refractivity contribution in [3.8, 4) is 0 Å². The van der Waals surface area contributed by atoms with Crippen LogP contribution in [0.1, 0.15) is 5.56 Å². The van der Waals surface area contributed by atoms with Crippen LogP contribution in [0.4, 0.5) is 0 Å². The molecule has 0 amide bonds. The van der Waals surface area contributed by atoms with Crippen LogP contribution < -0.4 is 0 Å². The molecular weight excluding hydrogens is 263 g/mol. The number of carbonyl (C=O) groups is 1. The first kappa shape index (κ1) is 10.0. The summed E-state index contributed by atoms with van der Waals surface area (Å²) in [6, 6.07) is 3.44. The van der Waals surface area contributed by atoms with Gasteiger partial charge in [0.05, 0.1) is 10.0 Å². The second-order valence-corrected chi connectivity index (χ2v) is 3.78. The molecule has 64 valence electrons. The van der Waals surface area contributed by atoms with Gasteiger partial charge in [-0.05, 0) is 27.6 Å². The SMILES string of the molecule is O=CCc1ccc(Cl)c(Cl)c1Br. The van der Waals surface area contributed by atoms with Gasteiger partial charge in [-0.15, -0.1) is 0 Å². The van der Waals surface area contributed by atoms with Crippen LogP contribution in [0, 0.1) is 0 Å². The van der Waals surface area contributed by atoms with Gasteiger partial charge in [-0.3, -0.25) is 0 Å². The van der Waals surface area contributed by atoms with E-state index in [4.69, 9.17) is 23.2 Å². The minimum Gasteiger partial charge on any atom is -0.303 e.